The molecule has 1 unspecified atom stereocenters. The lowest BCUT2D eigenvalue weighted by molar-refractivity contribution is 0.0450. The summed E-state index contributed by atoms with van der Waals surface area (Å²) in [5.74, 6) is 0. The molecule has 1 rings (SSSR count). The molecule has 0 aromatic heterocycles. The largest absolute Gasteiger partial charge is 0.375 e. The first-order valence-electron chi connectivity index (χ1n) is 6.89. The van der Waals surface area contributed by atoms with Crippen LogP contribution in [0.25, 0.3) is 0 Å². The zero-order valence-electron chi connectivity index (χ0n) is 11.9. The summed E-state index contributed by atoms with van der Waals surface area (Å²) in [7, 11) is 1.78. The predicted octanol–water partition coefficient (Wildman–Crippen LogP) is 3.88. The highest BCUT2D eigenvalue weighted by molar-refractivity contribution is 8.01. The highest BCUT2D eigenvalue weighted by Crippen LogP contribution is 2.33. The van der Waals surface area contributed by atoms with Crippen LogP contribution in [0.15, 0.2) is 23.1 Å². The Morgan fingerprint density at radius 1 is 1.39 bits per heavy atom. The first kappa shape index (κ1) is 15.8. The third-order valence-corrected chi connectivity index (χ3v) is 4.09. The second-order valence-electron chi connectivity index (χ2n) is 5.06. The Kier molecular flexibility index (Phi) is 7.05. The maximum Gasteiger partial charge on any atom is 0.0997 e. The molecule has 18 heavy (non-hydrogen) atoms. The van der Waals surface area contributed by atoms with E-state index < -0.39 is 0 Å². The highest BCUT2D eigenvalue weighted by atomic mass is 32.2. The molecule has 2 nitrogen and oxygen atoms in total. The van der Waals surface area contributed by atoms with Gasteiger partial charge in [-0.15, -0.1) is 11.8 Å². The lowest BCUT2D eigenvalue weighted by Gasteiger charge is -2.40. The van der Waals surface area contributed by atoms with Crippen LogP contribution in [0.5, 0.6) is 0 Å². The van der Waals surface area contributed by atoms with E-state index in [1.807, 2.05) is 0 Å². The number of hydrogen-bond donors (Lipinski definition) is 1. The molecular weight excluding hydrogens is 242 g/mol. The minimum atomic E-state index is -0.184. The maximum absolute atomic E-state index is 6.61. The monoisotopic (exact) mass is 269 g/mol. The lowest BCUT2D eigenvalue weighted by Crippen LogP contribution is -2.53. The molecular formula is C15H27NOS. The molecule has 0 aromatic carbocycles. The van der Waals surface area contributed by atoms with E-state index in [4.69, 9.17) is 10.5 Å². The Bertz CT molecular complexity index is 293. The van der Waals surface area contributed by atoms with E-state index >= 15 is 0 Å². The van der Waals surface area contributed by atoms with Crippen LogP contribution in [0, 0.1) is 0 Å². The van der Waals surface area contributed by atoms with Gasteiger partial charge in [0.1, 0.15) is 0 Å². The van der Waals surface area contributed by atoms with Gasteiger partial charge in [-0.05, 0) is 36.5 Å². The Balaban J connectivity index is 2.90. The Morgan fingerprint density at radius 3 is 2.56 bits per heavy atom. The molecule has 1 aliphatic carbocycles. The molecule has 1 fully saturated rings. The van der Waals surface area contributed by atoms with Gasteiger partial charge in [0.15, 0.2) is 0 Å². The number of hydrogen-bond acceptors (Lipinski definition) is 3. The summed E-state index contributed by atoms with van der Waals surface area (Å²) in [6, 6.07) is 0. The number of ether oxygens (including phenoxy) is 1. The van der Waals surface area contributed by atoms with Crippen molar-refractivity contribution in [2.75, 3.05) is 13.4 Å². The molecule has 1 aliphatic rings. The first-order valence-corrected chi connectivity index (χ1v) is 8.17. The van der Waals surface area contributed by atoms with Crippen LogP contribution in [0.2, 0.25) is 0 Å². The molecule has 0 aromatic rings. The smallest absolute Gasteiger partial charge is 0.0997 e. The van der Waals surface area contributed by atoms with Crippen molar-refractivity contribution in [1.82, 2.24) is 0 Å². The fourth-order valence-electron chi connectivity index (χ4n) is 2.82. The van der Waals surface area contributed by atoms with Gasteiger partial charge >= 0.3 is 0 Å². The van der Waals surface area contributed by atoms with Gasteiger partial charge < -0.3 is 10.5 Å². The van der Waals surface area contributed by atoms with Crippen molar-refractivity contribution < 1.29 is 4.74 Å². The summed E-state index contributed by atoms with van der Waals surface area (Å²) in [4.78, 5) is 0. The minimum Gasteiger partial charge on any atom is -0.375 e. The first-order chi connectivity index (χ1) is 8.68. The number of thioether (sulfide) groups is 1. The van der Waals surface area contributed by atoms with Crippen LogP contribution in [-0.2, 0) is 4.74 Å². The third-order valence-electron chi connectivity index (χ3n) is 3.68. The van der Waals surface area contributed by atoms with Crippen molar-refractivity contribution in [2.45, 2.75) is 57.1 Å². The van der Waals surface area contributed by atoms with Crippen LogP contribution < -0.4 is 5.73 Å². The van der Waals surface area contributed by atoms with Crippen LogP contribution in [-0.4, -0.2) is 25.0 Å². The molecule has 104 valence electrons. The summed E-state index contributed by atoms with van der Waals surface area (Å²) < 4.78 is 5.75. The van der Waals surface area contributed by atoms with Crippen LogP contribution in [0.3, 0.4) is 0 Å². The lowest BCUT2D eigenvalue weighted by atomic mass is 9.76. The molecule has 0 bridgehead atoms. The van der Waals surface area contributed by atoms with Crippen molar-refractivity contribution in [3.63, 3.8) is 0 Å². The normalized spacial score (nSPS) is 22.3. The summed E-state index contributed by atoms with van der Waals surface area (Å²) in [5.41, 5.74) is 7.66. The van der Waals surface area contributed by atoms with Crippen molar-refractivity contribution in [2.24, 2.45) is 5.73 Å². The van der Waals surface area contributed by atoms with E-state index in [2.05, 4.69) is 30.7 Å². The zero-order chi connectivity index (χ0) is 13.4. The number of rotatable bonds is 6. The molecule has 1 saturated carbocycles. The Labute approximate surface area is 116 Å². The van der Waals surface area contributed by atoms with Gasteiger partial charge in [-0.25, -0.2) is 0 Å². The van der Waals surface area contributed by atoms with Gasteiger partial charge in [0.2, 0.25) is 0 Å². The maximum atomic E-state index is 6.61. The molecule has 0 saturated heterocycles. The van der Waals surface area contributed by atoms with E-state index in [1.165, 1.54) is 24.8 Å². The zero-order valence-corrected chi connectivity index (χ0v) is 12.8. The molecule has 2 N–H and O–H groups in total. The van der Waals surface area contributed by atoms with Gasteiger partial charge in [0.05, 0.1) is 6.10 Å². The van der Waals surface area contributed by atoms with E-state index in [9.17, 15) is 0 Å². The van der Waals surface area contributed by atoms with Crippen LogP contribution in [0.4, 0.5) is 0 Å². The SMILES string of the molecule is CC/C=C(/C=C\SC)C(OC)C1(N)CCCCC1. The van der Waals surface area contributed by atoms with Crippen molar-refractivity contribution in [1.29, 1.82) is 0 Å². The molecule has 0 aliphatic heterocycles. The molecule has 1 atom stereocenters. The minimum absolute atomic E-state index is 0.0288. The molecule has 0 spiro atoms. The average molecular weight is 269 g/mol. The summed E-state index contributed by atoms with van der Waals surface area (Å²) in [5, 5.41) is 2.11. The third kappa shape index (κ3) is 4.15. The molecule has 0 radical (unpaired) electrons. The molecule has 0 amide bonds. The second kappa shape index (κ2) is 8.03. The topological polar surface area (TPSA) is 35.2 Å². The van der Waals surface area contributed by atoms with E-state index in [0.717, 1.165) is 19.3 Å². The fourth-order valence-corrected chi connectivity index (χ4v) is 3.11. The molecule has 3 heteroatoms. The summed E-state index contributed by atoms with van der Waals surface area (Å²) in [6.07, 6.45) is 13.4. The van der Waals surface area contributed by atoms with Gasteiger partial charge in [0.25, 0.3) is 0 Å². The predicted molar refractivity (Wildman–Crippen MR) is 81.8 cm³/mol. The second-order valence-corrected chi connectivity index (χ2v) is 5.80. The molecule has 0 heterocycles. The van der Waals surface area contributed by atoms with Crippen molar-refractivity contribution >= 4 is 11.8 Å². The van der Waals surface area contributed by atoms with Gasteiger partial charge in [0, 0.05) is 12.6 Å². The van der Waals surface area contributed by atoms with E-state index in [1.54, 1.807) is 18.9 Å². The standard InChI is InChI=1S/C15H27NOS/c1-4-8-13(9-12-18-3)14(17-2)15(16)10-6-5-7-11-15/h8-9,12,14H,4-7,10-11,16H2,1-3H3/b12-9-,13-8-. The Hall–Kier alpha value is -0.250. The van der Waals surface area contributed by atoms with Crippen LogP contribution in [0.1, 0.15) is 45.4 Å². The van der Waals surface area contributed by atoms with Crippen LogP contribution >= 0.6 is 11.8 Å². The highest BCUT2D eigenvalue weighted by Gasteiger charge is 2.37. The quantitative estimate of drug-likeness (QED) is 0.743. The Morgan fingerprint density at radius 2 is 2.06 bits per heavy atom. The number of methoxy groups -OCH3 is 1. The number of nitrogens with two attached hydrogens (primary N) is 1. The van der Waals surface area contributed by atoms with Crippen molar-refractivity contribution in [3.8, 4) is 0 Å². The van der Waals surface area contributed by atoms with Crippen molar-refractivity contribution in [3.05, 3.63) is 23.1 Å². The number of allylic oxidation sites excluding steroid dienone is 1. The summed E-state index contributed by atoms with van der Waals surface area (Å²) in [6.45, 7) is 2.16. The van der Waals surface area contributed by atoms with E-state index in [0.29, 0.717) is 0 Å². The average Bonchev–Trinajstić information content (AvgIpc) is 2.37. The van der Waals surface area contributed by atoms with Gasteiger partial charge in [-0.3, -0.25) is 0 Å². The van der Waals surface area contributed by atoms with E-state index in [-0.39, 0.29) is 11.6 Å². The summed E-state index contributed by atoms with van der Waals surface area (Å²) >= 11 is 1.71. The van der Waals surface area contributed by atoms with Gasteiger partial charge in [-0.2, -0.15) is 0 Å². The van der Waals surface area contributed by atoms with Gasteiger partial charge in [-0.1, -0.05) is 38.3 Å². The fraction of sp³-hybridized carbons (Fsp3) is 0.733.